The van der Waals surface area contributed by atoms with E-state index in [0.717, 1.165) is 4.47 Å². The average Bonchev–Trinajstić information content (AvgIpc) is 3.13. The van der Waals surface area contributed by atoms with Crippen LogP contribution in [0.5, 0.6) is 0 Å². The molecule has 2 heterocycles. The van der Waals surface area contributed by atoms with Crippen LogP contribution in [0.3, 0.4) is 0 Å². The molecule has 0 amide bonds. The quantitative estimate of drug-likeness (QED) is 0.591. The summed E-state index contributed by atoms with van der Waals surface area (Å²) in [4.78, 5) is 2.68. The van der Waals surface area contributed by atoms with Crippen LogP contribution in [0, 0.1) is 6.92 Å². The molecule has 0 bridgehead atoms. The van der Waals surface area contributed by atoms with Gasteiger partial charge in [-0.05, 0) is 47.5 Å². The van der Waals surface area contributed by atoms with Crippen LogP contribution in [0.2, 0.25) is 0 Å². The molecule has 1 nitrogen and oxygen atoms in total. The van der Waals surface area contributed by atoms with E-state index in [1.807, 2.05) is 0 Å². The summed E-state index contributed by atoms with van der Waals surface area (Å²) in [5.74, 6) is 0. The lowest BCUT2D eigenvalue weighted by Gasteiger charge is -2.19. The first-order valence-corrected chi connectivity index (χ1v) is 8.89. The second kappa shape index (κ2) is 6.12. The van der Waals surface area contributed by atoms with Gasteiger partial charge in [-0.2, -0.15) is 0 Å². The first-order valence-electron chi connectivity index (χ1n) is 6.34. The van der Waals surface area contributed by atoms with Crippen molar-refractivity contribution < 1.29 is 0 Å². The van der Waals surface area contributed by atoms with Crippen molar-refractivity contribution in [2.45, 2.75) is 13.0 Å². The van der Waals surface area contributed by atoms with Crippen molar-refractivity contribution in [3.05, 3.63) is 73.0 Å². The summed E-state index contributed by atoms with van der Waals surface area (Å²) in [5, 5.41) is 7.94. The molecule has 2 aromatic heterocycles. The molecule has 0 unspecified atom stereocenters. The van der Waals surface area contributed by atoms with Gasteiger partial charge in [-0.3, -0.25) is 0 Å². The predicted molar refractivity (Wildman–Crippen MR) is 93.0 cm³/mol. The van der Waals surface area contributed by atoms with E-state index in [0.29, 0.717) is 0 Å². The van der Waals surface area contributed by atoms with Crippen molar-refractivity contribution in [2.24, 2.45) is 0 Å². The number of hydrogen-bond acceptors (Lipinski definition) is 3. The first kappa shape index (κ1) is 13.9. The first-order chi connectivity index (χ1) is 9.75. The molecule has 1 N–H and O–H groups in total. The smallest absolute Gasteiger partial charge is 0.0953 e. The Morgan fingerprint density at radius 1 is 0.950 bits per heavy atom. The highest BCUT2D eigenvalue weighted by Gasteiger charge is 2.17. The van der Waals surface area contributed by atoms with E-state index >= 15 is 0 Å². The molecular weight excluding hydrogens is 350 g/mol. The zero-order chi connectivity index (χ0) is 13.9. The Morgan fingerprint density at radius 3 is 2.15 bits per heavy atom. The van der Waals surface area contributed by atoms with Crippen molar-refractivity contribution >= 4 is 44.3 Å². The molecule has 20 heavy (non-hydrogen) atoms. The lowest BCUT2D eigenvalue weighted by molar-refractivity contribution is 0.988. The molecular formula is C16H14BrNS2. The molecule has 0 aliphatic heterocycles. The monoisotopic (exact) mass is 363 g/mol. The fourth-order valence-corrected chi connectivity index (χ4v) is 4.14. The zero-order valence-corrected chi connectivity index (χ0v) is 14.2. The van der Waals surface area contributed by atoms with Gasteiger partial charge in [-0.1, -0.05) is 34.1 Å². The largest absolute Gasteiger partial charge is 0.372 e. The summed E-state index contributed by atoms with van der Waals surface area (Å²) >= 11 is 7.18. The van der Waals surface area contributed by atoms with E-state index in [1.165, 1.54) is 21.0 Å². The van der Waals surface area contributed by atoms with Gasteiger partial charge in [0.2, 0.25) is 0 Å². The van der Waals surface area contributed by atoms with Crippen molar-refractivity contribution in [3.8, 4) is 0 Å². The fraction of sp³-hybridized carbons (Fsp3) is 0.125. The van der Waals surface area contributed by atoms with Gasteiger partial charge >= 0.3 is 0 Å². The summed E-state index contributed by atoms with van der Waals surface area (Å²) in [6.45, 7) is 2.13. The molecule has 102 valence electrons. The van der Waals surface area contributed by atoms with Gasteiger partial charge in [0.1, 0.15) is 0 Å². The summed E-state index contributed by atoms with van der Waals surface area (Å²) < 4.78 is 1.14. The third kappa shape index (κ3) is 2.82. The van der Waals surface area contributed by atoms with Crippen LogP contribution in [0.4, 0.5) is 5.69 Å². The van der Waals surface area contributed by atoms with Crippen molar-refractivity contribution in [3.63, 3.8) is 0 Å². The summed E-state index contributed by atoms with van der Waals surface area (Å²) in [6, 6.07) is 15.1. The molecule has 0 saturated heterocycles. The van der Waals surface area contributed by atoms with E-state index in [9.17, 15) is 0 Å². The van der Waals surface area contributed by atoms with E-state index < -0.39 is 0 Å². The Hall–Kier alpha value is -1.10. The van der Waals surface area contributed by atoms with Gasteiger partial charge in [-0.15, -0.1) is 22.7 Å². The minimum Gasteiger partial charge on any atom is -0.372 e. The van der Waals surface area contributed by atoms with E-state index in [2.05, 4.69) is 81.4 Å². The molecule has 0 radical (unpaired) electrons. The van der Waals surface area contributed by atoms with Gasteiger partial charge in [0.05, 0.1) is 6.04 Å². The zero-order valence-electron chi connectivity index (χ0n) is 11.0. The highest BCUT2D eigenvalue weighted by atomic mass is 79.9. The molecule has 0 atom stereocenters. The van der Waals surface area contributed by atoms with Gasteiger partial charge in [0.15, 0.2) is 0 Å². The van der Waals surface area contributed by atoms with E-state index in [1.54, 1.807) is 22.7 Å². The predicted octanol–water partition coefficient (Wildman–Crippen LogP) is 6.08. The number of thiophene rings is 2. The maximum atomic E-state index is 3.68. The molecule has 3 rings (SSSR count). The van der Waals surface area contributed by atoms with Crippen LogP contribution in [0.15, 0.2) is 57.7 Å². The highest BCUT2D eigenvalue weighted by Crippen LogP contribution is 2.34. The van der Waals surface area contributed by atoms with E-state index in [-0.39, 0.29) is 6.04 Å². The fourth-order valence-electron chi connectivity index (χ4n) is 2.11. The molecule has 0 aliphatic carbocycles. The standard InChI is InChI=1S/C16H14BrNS2/c1-11-12(17)5-2-6-13(11)18-16(14-7-3-9-19-14)15-8-4-10-20-15/h2-10,16,18H,1H3. The minimum absolute atomic E-state index is 0.225. The number of hydrogen-bond donors (Lipinski definition) is 1. The van der Waals surface area contributed by atoms with Crippen LogP contribution in [0.25, 0.3) is 0 Å². The third-order valence-electron chi connectivity index (χ3n) is 3.22. The van der Waals surface area contributed by atoms with Crippen LogP contribution < -0.4 is 5.32 Å². The molecule has 1 aromatic carbocycles. The number of nitrogens with one attached hydrogen (secondary N) is 1. The van der Waals surface area contributed by atoms with Crippen molar-refractivity contribution in [1.82, 2.24) is 0 Å². The topological polar surface area (TPSA) is 12.0 Å². The SMILES string of the molecule is Cc1c(Br)cccc1NC(c1cccs1)c1cccs1. The van der Waals surface area contributed by atoms with Crippen LogP contribution in [-0.2, 0) is 0 Å². The minimum atomic E-state index is 0.225. The Labute approximate surface area is 135 Å². The molecule has 4 heteroatoms. The van der Waals surface area contributed by atoms with Crippen LogP contribution in [0.1, 0.15) is 21.4 Å². The Bertz CT molecular complexity index is 640. The number of rotatable bonds is 4. The van der Waals surface area contributed by atoms with Crippen LogP contribution in [-0.4, -0.2) is 0 Å². The molecule has 0 aliphatic rings. The van der Waals surface area contributed by atoms with Crippen molar-refractivity contribution in [2.75, 3.05) is 5.32 Å². The van der Waals surface area contributed by atoms with Crippen LogP contribution >= 0.6 is 38.6 Å². The molecule has 3 aromatic rings. The lowest BCUT2D eigenvalue weighted by atomic mass is 10.1. The average molecular weight is 364 g/mol. The molecule has 0 spiro atoms. The van der Waals surface area contributed by atoms with Gasteiger partial charge in [0.25, 0.3) is 0 Å². The maximum absolute atomic E-state index is 3.68. The molecule has 0 fully saturated rings. The number of benzene rings is 1. The number of halogens is 1. The van der Waals surface area contributed by atoms with Gasteiger partial charge < -0.3 is 5.32 Å². The van der Waals surface area contributed by atoms with E-state index in [4.69, 9.17) is 0 Å². The number of anilines is 1. The third-order valence-corrected chi connectivity index (χ3v) is 5.96. The normalized spacial score (nSPS) is 10.9. The maximum Gasteiger partial charge on any atom is 0.0953 e. The Morgan fingerprint density at radius 2 is 1.60 bits per heavy atom. The second-order valence-corrected chi connectivity index (χ2v) is 7.33. The summed E-state index contributed by atoms with van der Waals surface area (Å²) in [5.41, 5.74) is 2.41. The lowest BCUT2D eigenvalue weighted by Crippen LogP contribution is -2.10. The summed E-state index contributed by atoms with van der Waals surface area (Å²) in [7, 11) is 0. The van der Waals surface area contributed by atoms with Crippen molar-refractivity contribution in [1.29, 1.82) is 0 Å². The Kier molecular flexibility index (Phi) is 4.24. The highest BCUT2D eigenvalue weighted by molar-refractivity contribution is 9.10. The molecule has 0 saturated carbocycles. The van der Waals surface area contributed by atoms with Gasteiger partial charge in [-0.25, -0.2) is 0 Å². The van der Waals surface area contributed by atoms with Gasteiger partial charge in [0, 0.05) is 19.9 Å². The summed E-state index contributed by atoms with van der Waals surface area (Å²) in [6.07, 6.45) is 0. The Balaban J connectivity index is 1.97. The second-order valence-electron chi connectivity index (χ2n) is 4.52.